The number of hydrogen-bond donors (Lipinski definition) is 2. The molecule has 0 saturated heterocycles. The number of carbonyl (C=O) groups is 1. The van der Waals surface area contributed by atoms with Crippen LogP contribution in [0.5, 0.6) is 0 Å². The number of carboxylic acid groups (broad SMARTS) is 1. The van der Waals surface area contributed by atoms with E-state index in [1.165, 1.54) is 6.07 Å². The Morgan fingerprint density at radius 2 is 1.50 bits per heavy atom. The van der Waals surface area contributed by atoms with Crippen molar-refractivity contribution in [1.82, 2.24) is 14.5 Å². The number of aromatic nitrogens is 3. The number of hydrogen-bond acceptors (Lipinski definition) is 4. The highest BCUT2D eigenvalue weighted by atomic mass is 16.4. The third kappa shape index (κ3) is 2.75. The van der Waals surface area contributed by atoms with Gasteiger partial charge < -0.3 is 14.8 Å². The molecule has 28 heavy (non-hydrogen) atoms. The third-order valence-electron chi connectivity index (χ3n) is 4.83. The molecule has 0 aliphatic rings. The van der Waals surface area contributed by atoms with Gasteiger partial charge in [-0.2, -0.15) is 0 Å². The number of pyridine rings is 1. The number of rotatable bonds is 5. The standard InChI is InChI=1S/C22H19N3O3/c1-2-25-19-17(13-14-18(23-19)20(26)27)24-21(25)22(28,15-9-5-3-6-10-15)16-11-7-4-8-12-16/h3-14,28H,2H2,1H3,(H,26,27). The second-order valence-electron chi connectivity index (χ2n) is 6.47. The molecule has 0 spiro atoms. The molecule has 0 unspecified atom stereocenters. The fraction of sp³-hybridized carbons (Fsp3) is 0.136. The van der Waals surface area contributed by atoms with Gasteiger partial charge in [-0.05, 0) is 30.2 Å². The summed E-state index contributed by atoms with van der Waals surface area (Å²) < 4.78 is 1.77. The van der Waals surface area contributed by atoms with Crippen molar-refractivity contribution in [3.05, 3.63) is 95.4 Å². The van der Waals surface area contributed by atoms with Crippen molar-refractivity contribution >= 4 is 17.1 Å². The largest absolute Gasteiger partial charge is 0.477 e. The molecule has 0 aliphatic heterocycles. The fourth-order valence-electron chi connectivity index (χ4n) is 3.48. The average molecular weight is 373 g/mol. The minimum Gasteiger partial charge on any atom is -0.477 e. The number of fused-ring (bicyclic) bond motifs is 1. The van der Waals surface area contributed by atoms with Gasteiger partial charge in [0.2, 0.25) is 0 Å². The van der Waals surface area contributed by atoms with Gasteiger partial charge in [-0.25, -0.2) is 14.8 Å². The van der Waals surface area contributed by atoms with E-state index in [2.05, 4.69) is 9.97 Å². The number of nitrogens with zero attached hydrogens (tertiary/aromatic N) is 3. The molecule has 140 valence electrons. The fourth-order valence-corrected chi connectivity index (χ4v) is 3.48. The highest BCUT2D eigenvalue weighted by molar-refractivity contribution is 5.88. The third-order valence-corrected chi connectivity index (χ3v) is 4.83. The molecule has 2 heterocycles. The topological polar surface area (TPSA) is 88.2 Å². The molecule has 4 rings (SSSR count). The summed E-state index contributed by atoms with van der Waals surface area (Å²) in [5, 5.41) is 21.3. The minimum atomic E-state index is -1.51. The smallest absolute Gasteiger partial charge is 0.354 e. The second kappa shape index (κ2) is 6.90. The molecule has 0 bridgehead atoms. The Kier molecular flexibility index (Phi) is 4.41. The van der Waals surface area contributed by atoms with Crippen LogP contribution in [-0.4, -0.2) is 30.7 Å². The van der Waals surface area contributed by atoms with Crippen LogP contribution in [-0.2, 0) is 12.1 Å². The van der Waals surface area contributed by atoms with E-state index in [0.29, 0.717) is 34.7 Å². The van der Waals surface area contributed by atoms with Crippen LogP contribution in [0.1, 0.15) is 34.4 Å². The van der Waals surface area contributed by atoms with Crippen LogP contribution in [0.15, 0.2) is 72.8 Å². The number of aliphatic hydroxyl groups is 1. The lowest BCUT2D eigenvalue weighted by Crippen LogP contribution is -2.32. The quantitative estimate of drug-likeness (QED) is 0.559. The van der Waals surface area contributed by atoms with Crippen LogP contribution in [0.25, 0.3) is 11.2 Å². The molecule has 0 saturated carbocycles. The van der Waals surface area contributed by atoms with Gasteiger partial charge in [-0.1, -0.05) is 60.7 Å². The lowest BCUT2D eigenvalue weighted by molar-refractivity contribution is 0.0691. The molecule has 0 amide bonds. The molecular weight excluding hydrogens is 354 g/mol. The number of benzene rings is 2. The normalized spacial score (nSPS) is 11.6. The molecule has 2 aromatic heterocycles. The van der Waals surface area contributed by atoms with Crippen LogP contribution in [0, 0.1) is 0 Å². The molecule has 2 N–H and O–H groups in total. The van der Waals surface area contributed by atoms with Gasteiger partial charge in [-0.15, -0.1) is 0 Å². The first-order chi connectivity index (χ1) is 13.6. The van der Waals surface area contributed by atoms with Crippen molar-refractivity contribution in [2.75, 3.05) is 0 Å². The zero-order valence-electron chi connectivity index (χ0n) is 15.3. The van der Waals surface area contributed by atoms with E-state index in [1.54, 1.807) is 10.6 Å². The van der Waals surface area contributed by atoms with E-state index in [9.17, 15) is 15.0 Å². The lowest BCUT2D eigenvalue weighted by Gasteiger charge is -2.29. The molecular formula is C22H19N3O3. The summed E-state index contributed by atoms with van der Waals surface area (Å²) in [4.78, 5) is 20.3. The number of aromatic carboxylic acids is 1. The summed E-state index contributed by atoms with van der Waals surface area (Å²) in [5.74, 6) is -0.703. The summed E-state index contributed by atoms with van der Waals surface area (Å²) in [6.45, 7) is 2.39. The second-order valence-corrected chi connectivity index (χ2v) is 6.47. The van der Waals surface area contributed by atoms with E-state index in [4.69, 9.17) is 0 Å². The Balaban J connectivity index is 2.05. The lowest BCUT2D eigenvalue weighted by atomic mass is 9.85. The van der Waals surface area contributed by atoms with Crippen molar-refractivity contribution in [2.45, 2.75) is 19.1 Å². The van der Waals surface area contributed by atoms with E-state index < -0.39 is 11.6 Å². The van der Waals surface area contributed by atoms with Crippen molar-refractivity contribution in [3.63, 3.8) is 0 Å². The van der Waals surface area contributed by atoms with Gasteiger partial charge >= 0.3 is 5.97 Å². The molecule has 0 radical (unpaired) electrons. The SMILES string of the molecule is CCn1c(C(O)(c2ccccc2)c2ccccc2)nc2ccc(C(=O)O)nc21. The number of carboxylic acids is 1. The Morgan fingerprint density at radius 3 is 2.00 bits per heavy atom. The van der Waals surface area contributed by atoms with Crippen molar-refractivity contribution in [1.29, 1.82) is 0 Å². The number of imidazole rings is 1. The summed E-state index contributed by atoms with van der Waals surface area (Å²) in [7, 11) is 0. The predicted octanol–water partition coefficient (Wildman–Crippen LogP) is 3.43. The Bertz CT molecular complexity index is 1100. The molecule has 6 heteroatoms. The molecule has 2 aromatic carbocycles. The Morgan fingerprint density at radius 1 is 0.929 bits per heavy atom. The maximum absolute atomic E-state index is 12.0. The first-order valence-electron chi connectivity index (χ1n) is 9.00. The van der Waals surface area contributed by atoms with E-state index in [0.717, 1.165) is 0 Å². The molecule has 6 nitrogen and oxygen atoms in total. The maximum atomic E-state index is 12.0. The van der Waals surface area contributed by atoms with Gasteiger partial charge in [0.25, 0.3) is 0 Å². The van der Waals surface area contributed by atoms with E-state index in [1.807, 2.05) is 67.6 Å². The van der Waals surface area contributed by atoms with Crippen LogP contribution in [0.2, 0.25) is 0 Å². The van der Waals surface area contributed by atoms with Gasteiger partial charge in [0, 0.05) is 6.54 Å². The maximum Gasteiger partial charge on any atom is 0.354 e. The highest BCUT2D eigenvalue weighted by Gasteiger charge is 2.39. The first kappa shape index (κ1) is 17.9. The van der Waals surface area contributed by atoms with E-state index >= 15 is 0 Å². The van der Waals surface area contributed by atoms with Gasteiger partial charge in [-0.3, -0.25) is 0 Å². The van der Waals surface area contributed by atoms with Crippen LogP contribution in [0.3, 0.4) is 0 Å². The first-order valence-corrected chi connectivity index (χ1v) is 9.00. The van der Waals surface area contributed by atoms with Gasteiger partial charge in [0.05, 0.1) is 0 Å². The van der Waals surface area contributed by atoms with Crippen molar-refractivity contribution in [3.8, 4) is 0 Å². The zero-order chi connectivity index (χ0) is 19.7. The summed E-state index contributed by atoms with van der Waals surface area (Å²) in [6.07, 6.45) is 0. The molecule has 0 atom stereocenters. The number of aryl methyl sites for hydroxylation is 1. The van der Waals surface area contributed by atoms with Crippen LogP contribution in [0.4, 0.5) is 0 Å². The summed E-state index contributed by atoms with van der Waals surface area (Å²) in [6, 6.07) is 21.7. The average Bonchev–Trinajstić information content (AvgIpc) is 3.12. The van der Waals surface area contributed by atoms with Gasteiger partial charge in [0.15, 0.2) is 22.8 Å². The van der Waals surface area contributed by atoms with E-state index in [-0.39, 0.29) is 5.69 Å². The van der Waals surface area contributed by atoms with Gasteiger partial charge in [0.1, 0.15) is 5.52 Å². The zero-order valence-corrected chi connectivity index (χ0v) is 15.3. The Hall–Kier alpha value is -3.51. The van der Waals surface area contributed by atoms with Crippen LogP contribution >= 0.6 is 0 Å². The Labute approximate surface area is 161 Å². The molecule has 4 aromatic rings. The highest BCUT2D eigenvalue weighted by Crippen LogP contribution is 2.37. The molecule has 0 fully saturated rings. The van der Waals surface area contributed by atoms with Crippen molar-refractivity contribution in [2.24, 2.45) is 0 Å². The molecule has 0 aliphatic carbocycles. The summed E-state index contributed by atoms with van der Waals surface area (Å²) >= 11 is 0. The van der Waals surface area contributed by atoms with Crippen LogP contribution < -0.4 is 0 Å². The summed E-state index contributed by atoms with van der Waals surface area (Å²) in [5.41, 5.74) is 0.739. The monoisotopic (exact) mass is 373 g/mol. The van der Waals surface area contributed by atoms with Crippen molar-refractivity contribution < 1.29 is 15.0 Å². The predicted molar refractivity (Wildman–Crippen MR) is 105 cm³/mol. The minimum absolute atomic E-state index is 0.0587.